The molecule has 0 atom stereocenters. The monoisotopic (exact) mass is 260 g/mol. The minimum Gasteiger partial charge on any atom is -0.495 e. The van der Waals surface area contributed by atoms with Gasteiger partial charge in [-0.25, -0.2) is 0 Å². The van der Waals surface area contributed by atoms with Gasteiger partial charge in [-0.05, 0) is 31.0 Å². The fraction of sp³-hybridized carbons (Fsp3) is 0.357. The molecule has 5 nitrogen and oxygen atoms in total. The topological polar surface area (TPSA) is 65.1 Å². The highest BCUT2D eigenvalue weighted by Gasteiger charge is 2.13. The van der Waals surface area contributed by atoms with E-state index in [0.29, 0.717) is 5.69 Å². The molecule has 0 saturated carbocycles. The molecule has 3 N–H and O–H groups in total. The average molecular weight is 260 g/mol. The highest BCUT2D eigenvalue weighted by atomic mass is 16.5. The number of methoxy groups -OCH3 is 1. The lowest BCUT2D eigenvalue weighted by molar-refractivity contribution is 0.416. The lowest BCUT2D eigenvalue weighted by Gasteiger charge is -2.12. The molecule has 0 spiro atoms. The average Bonchev–Trinajstić information content (AvgIpc) is 2.66. The summed E-state index contributed by atoms with van der Waals surface area (Å²) in [6, 6.07) is 5.97. The summed E-state index contributed by atoms with van der Waals surface area (Å²) in [5, 5.41) is 7.70. The highest BCUT2D eigenvalue weighted by Crippen LogP contribution is 2.32. The maximum absolute atomic E-state index is 6.11. The summed E-state index contributed by atoms with van der Waals surface area (Å²) >= 11 is 0. The number of nitrogens with zero attached hydrogens (tertiary/aromatic N) is 2. The minimum absolute atomic E-state index is 0.688. The molecule has 1 aromatic heterocycles. The van der Waals surface area contributed by atoms with Crippen LogP contribution in [-0.2, 0) is 13.5 Å². The number of nitrogens with one attached hydrogen (secondary N) is 1. The van der Waals surface area contributed by atoms with Crippen molar-refractivity contribution >= 4 is 17.2 Å². The summed E-state index contributed by atoms with van der Waals surface area (Å²) < 4.78 is 7.11. The van der Waals surface area contributed by atoms with Crippen LogP contribution >= 0.6 is 0 Å². The molecule has 0 bridgehead atoms. The quantitative estimate of drug-likeness (QED) is 0.887. The first-order valence-electron chi connectivity index (χ1n) is 6.29. The van der Waals surface area contributed by atoms with Gasteiger partial charge in [0.1, 0.15) is 5.75 Å². The molecule has 1 heterocycles. The van der Waals surface area contributed by atoms with Gasteiger partial charge in [-0.1, -0.05) is 13.0 Å². The van der Waals surface area contributed by atoms with Crippen molar-refractivity contribution in [1.29, 1.82) is 0 Å². The number of aryl methyl sites for hydroxylation is 3. The number of hydrogen-bond donors (Lipinski definition) is 2. The van der Waals surface area contributed by atoms with Gasteiger partial charge in [0.05, 0.1) is 24.2 Å². The molecule has 0 radical (unpaired) electrons. The van der Waals surface area contributed by atoms with E-state index in [2.05, 4.69) is 10.4 Å². The fourth-order valence-electron chi connectivity index (χ4n) is 2.05. The first-order chi connectivity index (χ1) is 9.06. The van der Waals surface area contributed by atoms with E-state index in [1.54, 1.807) is 11.8 Å². The van der Waals surface area contributed by atoms with E-state index in [9.17, 15) is 0 Å². The largest absolute Gasteiger partial charge is 0.495 e. The van der Waals surface area contributed by atoms with Crippen molar-refractivity contribution in [1.82, 2.24) is 9.78 Å². The lowest BCUT2D eigenvalue weighted by Crippen LogP contribution is -2.03. The summed E-state index contributed by atoms with van der Waals surface area (Å²) in [5.74, 6) is 1.57. The second-order valence-electron chi connectivity index (χ2n) is 4.51. The maximum atomic E-state index is 6.11. The minimum atomic E-state index is 0.688. The third kappa shape index (κ3) is 2.50. The Balaban J connectivity index is 2.41. The third-order valence-corrected chi connectivity index (χ3v) is 3.10. The van der Waals surface area contributed by atoms with E-state index in [4.69, 9.17) is 10.5 Å². The molecule has 5 heteroatoms. The van der Waals surface area contributed by atoms with Gasteiger partial charge in [0.2, 0.25) is 0 Å². The Labute approximate surface area is 113 Å². The Morgan fingerprint density at radius 3 is 2.74 bits per heavy atom. The molecule has 0 fully saturated rings. The van der Waals surface area contributed by atoms with Gasteiger partial charge in [-0.3, -0.25) is 4.68 Å². The lowest BCUT2D eigenvalue weighted by atomic mass is 10.2. The van der Waals surface area contributed by atoms with Crippen LogP contribution < -0.4 is 15.8 Å². The van der Waals surface area contributed by atoms with Crippen molar-refractivity contribution in [3.63, 3.8) is 0 Å². The molecule has 0 amide bonds. The Hall–Kier alpha value is -2.17. The molecular weight excluding hydrogens is 240 g/mol. The normalized spacial score (nSPS) is 10.5. The second-order valence-corrected chi connectivity index (χ2v) is 4.51. The van der Waals surface area contributed by atoms with Crippen LogP contribution in [0.25, 0.3) is 0 Å². The van der Waals surface area contributed by atoms with E-state index < -0.39 is 0 Å². The second kappa shape index (κ2) is 5.22. The van der Waals surface area contributed by atoms with Crippen LogP contribution in [0.5, 0.6) is 5.75 Å². The third-order valence-electron chi connectivity index (χ3n) is 3.10. The fourth-order valence-corrected chi connectivity index (χ4v) is 2.05. The number of rotatable bonds is 4. The van der Waals surface area contributed by atoms with E-state index in [1.807, 2.05) is 39.1 Å². The van der Waals surface area contributed by atoms with Gasteiger partial charge in [-0.15, -0.1) is 0 Å². The number of benzene rings is 1. The SMILES string of the molecule is CCc1nn(C)c(Nc2cc(C)ccc2OC)c1N. The van der Waals surface area contributed by atoms with Gasteiger partial charge in [0.25, 0.3) is 0 Å². The van der Waals surface area contributed by atoms with Gasteiger partial charge < -0.3 is 15.8 Å². The molecule has 0 aliphatic heterocycles. The smallest absolute Gasteiger partial charge is 0.152 e. The van der Waals surface area contributed by atoms with Crippen LogP contribution in [0, 0.1) is 6.92 Å². The summed E-state index contributed by atoms with van der Waals surface area (Å²) in [4.78, 5) is 0. The molecule has 0 aliphatic carbocycles. The predicted molar refractivity (Wildman–Crippen MR) is 78.0 cm³/mol. The van der Waals surface area contributed by atoms with E-state index in [0.717, 1.165) is 34.9 Å². The van der Waals surface area contributed by atoms with Crippen LogP contribution in [0.4, 0.5) is 17.2 Å². The molecule has 2 rings (SSSR count). The molecule has 0 unspecified atom stereocenters. The van der Waals surface area contributed by atoms with Crippen molar-refractivity contribution in [2.45, 2.75) is 20.3 Å². The molecule has 0 aliphatic rings. The zero-order valence-electron chi connectivity index (χ0n) is 11.8. The van der Waals surface area contributed by atoms with Crippen LogP contribution in [0.1, 0.15) is 18.2 Å². The van der Waals surface area contributed by atoms with Crippen LogP contribution in [0.15, 0.2) is 18.2 Å². The number of nitrogens with two attached hydrogens (primary N) is 1. The van der Waals surface area contributed by atoms with Crippen LogP contribution in [0.2, 0.25) is 0 Å². The van der Waals surface area contributed by atoms with Crippen LogP contribution in [0.3, 0.4) is 0 Å². The van der Waals surface area contributed by atoms with Gasteiger partial charge in [0.15, 0.2) is 5.82 Å². The summed E-state index contributed by atoms with van der Waals surface area (Å²) in [7, 11) is 3.53. The first-order valence-corrected chi connectivity index (χ1v) is 6.29. The maximum Gasteiger partial charge on any atom is 0.152 e. The molecular formula is C14H20N4O. The highest BCUT2D eigenvalue weighted by molar-refractivity contribution is 5.74. The van der Waals surface area contributed by atoms with Crippen molar-refractivity contribution in [2.75, 3.05) is 18.2 Å². The van der Waals surface area contributed by atoms with E-state index in [-0.39, 0.29) is 0 Å². The molecule has 2 aromatic rings. The first kappa shape index (κ1) is 13.3. The number of aromatic nitrogens is 2. The number of nitrogen functional groups attached to an aromatic ring is 1. The summed E-state index contributed by atoms with van der Waals surface area (Å²) in [6.07, 6.45) is 0.812. The van der Waals surface area contributed by atoms with Crippen molar-refractivity contribution in [2.24, 2.45) is 7.05 Å². The number of anilines is 3. The van der Waals surface area contributed by atoms with Crippen molar-refractivity contribution in [3.05, 3.63) is 29.5 Å². The molecule has 102 valence electrons. The van der Waals surface area contributed by atoms with E-state index >= 15 is 0 Å². The molecule has 1 aromatic carbocycles. The van der Waals surface area contributed by atoms with E-state index in [1.165, 1.54) is 0 Å². The zero-order valence-corrected chi connectivity index (χ0v) is 11.8. The van der Waals surface area contributed by atoms with Gasteiger partial charge in [-0.2, -0.15) is 5.10 Å². The summed E-state index contributed by atoms with van der Waals surface area (Å²) in [6.45, 7) is 4.07. The van der Waals surface area contributed by atoms with Crippen molar-refractivity contribution in [3.8, 4) is 5.75 Å². The standard InChI is InChI=1S/C14H20N4O/c1-5-10-13(15)14(18(3)17-10)16-11-8-9(2)6-7-12(11)19-4/h6-8,16H,5,15H2,1-4H3. The number of ether oxygens (including phenoxy) is 1. The molecule has 19 heavy (non-hydrogen) atoms. The Kier molecular flexibility index (Phi) is 3.64. The van der Waals surface area contributed by atoms with Crippen molar-refractivity contribution < 1.29 is 4.74 Å². The predicted octanol–water partition coefficient (Wildman–Crippen LogP) is 2.63. The van der Waals surface area contributed by atoms with Gasteiger partial charge in [0, 0.05) is 7.05 Å². The Morgan fingerprint density at radius 2 is 2.16 bits per heavy atom. The zero-order chi connectivity index (χ0) is 14.0. The summed E-state index contributed by atoms with van der Waals surface area (Å²) in [5.41, 5.74) is 9.73. The Bertz CT molecular complexity index is 589. The number of hydrogen-bond acceptors (Lipinski definition) is 4. The Morgan fingerprint density at radius 1 is 1.42 bits per heavy atom. The molecule has 0 saturated heterocycles. The van der Waals surface area contributed by atoms with Crippen LogP contribution in [-0.4, -0.2) is 16.9 Å². The van der Waals surface area contributed by atoms with Gasteiger partial charge >= 0.3 is 0 Å².